The molecule has 0 aliphatic heterocycles. The molecule has 1 aromatic carbocycles. The van der Waals surface area contributed by atoms with Crippen molar-refractivity contribution in [2.45, 2.75) is 19.5 Å². The predicted molar refractivity (Wildman–Crippen MR) is 85.2 cm³/mol. The third kappa shape index (κ3) is 3.52. The molecule has 1 atom stereocenters. The van der Waals surface area contributed by atoms with Gasteiger partial charge in [0, 0.05) is 25.4 Å². The Morgan fingerprint density at radius 1 is 1.38 bits per heavy atom. The Morgan fingerprint density at radius 3 is 2.71 bits per heavy atom. The van der Waals surface area contributed by atoms with Crippen molar-refractivity contribution < 1.29 is 4.39 Å². The topological polar surface area (TPSA) is 28.2 Å². The van der Waals surface area contributed by atoms with Crippen LogP contribution in [0.15, 0.2) is 36.5 Å². The van der Waals surface area contributed by atoms with Crippen molar-refractivity contribution in [2.24, 2.45) is 0 Å². The number of pyridine rings is 1. The van der Waals surface area contributed by atoms with Crippen LogP contribution in [0.2, 0.25) is 5.02 Å². The molecule has 0 spiro atoms. The van der Waals surface area contributed by atoms with Gasteiger partial charge in [-0.05, 0) is 31.7 Å². The van der Waals surface area contributed by atoms with Gasteiger partial charge in [-0.3, -0.25) is 0 Å². The second-order valence-corrected chi connectivity index (χ2v) is 5.39. The largest absolute Gasteiger partial charge is 0.352 e. The van der Waals surface area contributed by atoms with Crippen LogP contribution in [0.1, 0.15) is 24.1 Å². The van der Waals surface area contributed by atoms with E-state index >= 15 is 0 Å². The summed E-state index contributed by atoms with van der Waals surface area (Å²) in [5, 5.41) is 3.62. The maximum atomic E-state index is 13.9. The number of hydrogen-bond donors (Lipinski definition) is 1. The van der Waals surface area contributed by atoms with E-state index < -0.39 is 0 Å². The van der Waals surface area contributed by atoms with Gasteiger partial charge in [0.1, 0.15) is 11.6 Å². The SMILES string of the molecule is CNCc1cnc(N(C)C(C)c2ccccc2F)c(Cl)c1. The molecule has 0 saturated heterocycles. The summed E-state index contributed by atoms with van der Waals surface area (Å²) < 4.78 is 13.9. The summed E-state index contributed by atoms with van der Waals surface area (Å²) in [6.45, 7) is 2.64. The average Bonchev–Trinajstić information content (AvgIpc) is 2.47. The van der Waals surface area contributed by atoms with Crippen LogP contribution in [0, 0.1) is 5.82 Å². The number of halogens is 2. The lowest BCUT2D eigenvalue weighted by atomic mass is 10.1. The van der Waals surface area contributed by atoms with Gasteiger partial charge in [0.15, 0.2) is 0 Å². The smallest absolute Gasteiger partial charge is 0.147 e. The third-order valence-corrected chi connectivity index (χ3v) is 3.81. The quantitative estimate of drug-likeness (QED) is 0.911. The molecule has 2 aromatic rings. The van der Waals surface area contributed by atoms with Crippen LogP contribution in [0.25, 0.3) is 0 Å². The first kappa shape index (κ1) is 15.7. The number of benzene rings is 1. The summed E-state index contributed by atoms with van der Waals surface area (Å²) in [5.74, 6) is 0.423. The predicted octanol–water partition coefficient (Wildman–Crippen LogP) is 3.79. The summed E-state index contributed by atoms with van der Waals surface area (Å²) in [6, 6.07) is 8.47. The molecule has 0 aliphatic carbocycles. The highest BCUT2D eigenvalue weighted by atomic mass is 35.5. The van der Waals surface area contributed by atoms with Crippen molar-refractivity contribution in [1.29, 1.82) is 0 Å². The molecule has 112 valence electrons. The van der Waals surface area contributed by atoms with Crippen LogP contribution < -0.4 is 10.2 Å². The summed E-state index contributed by atoms with van der Waals surface area (Å²) in [7, 11) is 3.73. The Morgan fingerprint density at radius 2 is 2.10 bits per heavy atom. The number of nitrogens with one attached hydrogen (secondary N) is 1. The maximum absolute atomic E-state index is 13.9. The van der Waals surface area contributed by atoms with Crippen molar-refractivity contribution >= 4 is 17.4 Å². The van der Waals surface area contributed by atoms with Crippen molar-refractivity contribution in [1.82, 2.24) is 10.3 Å². The normalized spacial score (nSPS) is 12.2. The van der Waals surface area contributed by atoms with Crippen LogP contribution in [0.5, 0.6) is 0 Å². The lowest BCUT2D eigenvalue weighted by Gasteiger charge is -2.27. The molecule has 0 bridgehead atoms. The molecule has 0 radical (unpaired) electrons. The average molecular weight is 308 g/mol. The molecule has 1 aromatic heterocycles. The first-order chi connectivity index (χ1) is 10.0. The number of rotatable bonds is 5. The Hall–Kier alpha value is -1.65. The second-order valence-electron chi connectivity index (χ2n) is 4.99. The van der Waals surface area contributed by atoms with Crippen molar-refractivity contribution in [2.75, 3.05) is 19.0 Å². The van der Waals surface area contributed by atoms with Crippen LogP contribution in [0.4, 0.5) is 10.2 Å². The van der Waals surface area contributed by atoms with E-state index in [1.807, 2.05) is 38.1 Å². The molecule has 1 heterocycles. The molecule has 1 N–H and O–H groups in total. The first-order valence-electron chi connectivity index (χ1n) is 6.81. The van der Waals surface area contributed by atoms with E-state index in [4.69, 9.17) is 11.6 Å². The molecule has 1 unspecified atom stereocenters. The standard InChI is InChI=1S/C16H19ClFN3/c1-11(13-6-4-5-7-15(13)18)21(3)16-14(17)8-12(9-19-2)10-20-16/h4-8,10-11,19H,9H2,1-3H3. The zero-order valence-corrected chi connectivity index (χ0v) is 13.2. The van der Waals surface area contributed by atoms with Gasteiger partial charge in [-0.25, -0.2) is 9.37 Å². The molecule has 0 saturated carbocycles. The van der Waals surface area contributed by atoms with Crippen molar-refractivity contribution in [3.63, 3.8) is 0 Å². The minimum absolute atomic E-state index is 0.161. The van der Waals surface area contributed by atoms with Gasteiger partial charge in [-0.15, -0.1) is 0 Å². The van der Waals surface area contributed by atoms with E-state index in [0.29, 0.717) is 22.9 Å². The van der Waals surface area contributed by atoms with Gasteiger partial charge in [-0.1, -0.05) is 29.8 Å². The highest BCUT2D eigenvalue weighted by molar-refractivity contribution is 6.33. The molecular weight excluding hydrogens is 289 g/mol. The summed E-state index contributed by atoms with van der Waals surface area (Å²) in [6.07, 6.45) is 1.78. The lowest BCUT2D eigenvalue weighted by molar-refractivity contribution is 0.584. The third-order valence-electron chi connectivity index (χ3n) is 3.53. The van der Waals surface area contributed by atoms with Crippen LogP contribution >= 0.6 is 11.6 Å². The first-order valence-corrected chi connectivity index (χ1v) is 7.18. The number of anilines is 1. The monoisotopic (exact) mass is 307 g/mol. The zero-order chi connectivity index (χ0) is 15.4. The van der Waals surface area contributed by atoms with Gasteiger partial charge in [0.2, 0.25) is 0 Å². The Labute approximate surface area is 129 Å². The van der Waals surface area contributed by atoms with Crippen molar-refractivity contribution in [3.8, 4) is 0 Å². The fraction of sp³-hybridized carbons (Fsp3) is 0.312. The van der Waals surface area contributed by atoms with Gasteiger partial charge in [0.05, 0.1) is 11.1 Å². The summed E-state index contributed by atoms with van der Waals surface area (Å²) >= 11 is 6.31. The fourth-order valence-electron chi connectivity index (χ4n) is 2.24. The summed E-state index contributed by atoms with van der Waals surface area (Å²) in [5.41, 5.74) is 1.63. The van der Waals surface area contributed by atoms with E-state index in [1.54, 1.807) is 18.3 Å². The summed E-state index contributed by atoms with van der Waals surface area (Å²) in [4.78, 5) is 6.28. The van der Waals surface area contributed by atoms with Crippen LogP contribution in [-0.2, 0) is 6.54 Å². The molecule has 0 fully saturated rings. The molecule has 5 heteroatoms. The van der Waals surface area contributed by atoms with Gasteiger partial charge in [-0.2, -0.15) is 0 Å². The van der Waals surface area contributed by atoms with Gasteiger partial charge >= 0.3 is 0 Å². The number of aromatic nitrogens is 1. The van der Waals surface area contributed by atoms with Crippen LogP contribution in [-0.4, -0.2) is 19.1 Å². The molecule has 0 aliphatic rings. The lowest BCUT2D eigenvalue weighted by Crippen LogP contribution is -2.24. The minimum Gasteiger partial charge on any atom is -0.352 e. The van der Waals surface area contributed by atoms with E-state index in [0.717, 1.165) is 5.56 Å². The fourth-order valence-corrected chi connectivity index (χ4v) is 2.56. The van der Waals surface area contributed by atoms with E-state index in [-0.39, 0.29) is 11.9 Å². The second kappa shape index (κ2) is 6.87. The Kier molecular flexibility index (Phi) is 5.15. The highest BCUT2D eigenvalue weighted by Gasteiger charge is 2.18. The Balaban J connectivity index is 2.27. The maximum Gasteiger partial charge on any atom is 0.147 e. The number of hydrogen-bond acceptors (Lipinski definition) is 3. The molecule has 21 heavy (non-hydrogen) atoms. The van der Waals surface area contributed by atoms with E-state index in [9.17, 15) is 4.39 Å². The Bertz CT molecular complexity index is 618. The van der Waals surface area contributed by atoms with Gasteiger partial charge < -0.3 is 10.2 Å². The molecule has 0 amide bonds. The zero-order valence-electron chi connectivity index (χ0n) is 12.4. The molecular formula is C16H19ClFN3. The van der Waals surface area contributed by atoms with Crippen LogP contribution in [0.3, 0.4) is 0 Å². The van der Waals surface area contributed by atoms with E-state index in [1.165, 1.54) is 6.07 Å². The van der Waals surface area contributed by atoms with Crippen molar-refractivity contribution in [3.05, 3.63) is 58.5 Å². The molecule has 3 nitrogen and oxygen atoms in total. The molecule has 2 rings (SSSR count). The minimum atomic E-state index is -0.222. The van der Waals surface area contributed by atoms with Gasteiger partial charge in [0.25, 0.3) is 0 Å². The highest BCUT2D eigenvalue weighted by Crippen LogP contribution is 2.30. The van der Waals surface area contributed by atoms with E-state index in [2.05, 4.69) is 10.3 Å². The number of nitrogens with zero attached hydrogens (tertiary/aromatic N) is 2.